The van der Waals surface area contributed by atoms with Crippen LogP contribution in [0.25, 0.3) is 0 Å². The Morgan fingerprint density at radius 3 is 2.73 bits per heavy atom. The van der Waals surface area contributed by atoms with Crippen LogP contribution in [-0.4, -0.2) is 20.1 Å². The number of rotatable bonds is 5. The van der Waals surface area contributed by atoms with Crippen molar-refractivity contribution in [2.45, 2.75) is 19.8 Å². The Hall–Kier alpha value is -0.730. The van der Waals surface area contributed by atoms with Crippen LogP contribution in [0.1, 0.15) is 18.9 Å². The zero-order valence-electron chi connectivity index (χ0n) is 9.46. The number of para-hydroxylation sites is 1. The highest BCUT2D eigenvalue weighted by molar-refractivity contribution is 6.33. The van der Waals surface area contributed by atoms with Crippen LogP contribution in [0.5, 0.6) is 0 Å². The first-order valence-corrected chi connectivity index (χ1v) is 5.77. The Bertz CT molecular complexity index is 312. The van der Waals surface area contributed by atoms with Crippen LogP contribution in [0.4, 0.5) is 5.69 Å². The molecule has 0 fully saturated rings. The largest absolute Gasteiger partial charge is 0.373 e. The number of nitrogens with two attached hydrogens (primary N) is 1. The molecule has 0 radical (unpaired) electrons. The summed E-state index contributed by atoms with van der Waals surface area (Å²) < 4.78 is 0. The molecule has 0 saturated heterocycles. The normalized spacial score (nSPS) is 10.4. The molecule has 0 saturated carbocycles. The van der Waals surface area contributed by atoms with E-state index in [9.17, 15) is 0 Å². The van der Waals surface area contributed by atoms with Crippen LogP contribution in [0.2, 0.25) is 5.02 Å². The van der Waals surface area contributed by atoms with E-state index in [0.29, 0.717) is 6.54 Å². The van der Waals surface area contributed by atoms with Crippen LogP contribution in [-0.2, 0) is 6.42 Å². The van der Waals surface area contributed by atoms with E-state index in [1.54, 1.807) is 0 Å². The molecule has 84 valence electrons. The molecular formula is C12H19ClN2. The molecule has 3 heteroatoms. The predicted octanol–water partition coefficient (Wildman–Crippen LogP) is 2.69. The molecule has 0 heterocycles. The van der Waals surface area contributed by atoms with Crippen molar-refractivity contribution < 1.29 is 0 Å². The van der Waals surface area contributed by atoms with Gasteiger partial charge >= 0.3 is 0 Å². The first kappa shape index (κ1) is 12.3. The third-order valence-corrected chi connectivity index (χ3v) is 2.73. The van der Waals surface area contributed by atoms with Gasteiger partial charge in [-0.3, -0.25) is 0 Å². The van der Waals surface area contributed by atoms with E-state index in [2.05, 4.69) is 24.9 Å². The van der Waals surface area contributed by atoms with Crippen molar-refractivity contribution in [2.24, 2.45) is 5.73 Å². The Kier molecular flexibility index (Phi) is 4.92. The number of nitrogens with zero attached hydrogens (tertiary/aromatic N) is 1. The van der Waals surface area contributed by atoms with Gasteiger partial charge in [-0.2, -0.15) is 0 Å². The summed E-state index contributed by atoms with van der Waals surface area (Å²) >= 11 is 6.21. The molecule has 0 spiro atoms. The average Bonchev–Trinajstić information content (AvgIpc) is 2.18. The molecule has 1 aromatic rings. The maximum absolute atomic E-state index is 6.21. The van der Waals surface area contributed by atoms with Crippen molar-refractivity contribution in [3.8, 4) is 0 Å². The van der Waals surface area contributed by atoms with E-state index >= 15 is 0 Å². The topological polar surface area (TPSA) is 29.3 Å². The van der Waals surface area contributed by atoms with Gasteiger partial charge in [0.1, 0.15) is 0 Å². The second-order valence-corrected chi connectivity index (χ2v) is 4.11. The van der Waals surface area contributed by atoms with Gasteiger partial charge in [0.15, 0.2) is 0 Å². The second-order valence-electron chi connectivity index (χ2n) is 3.71. The van der Waals surface area contributed by atoms with Gasteiger partial charge in [-0.05, 0) is 31.0 Å². The summed E-state index contributed by atoms with van der Waals surface area (Å²) in [6.07, 6.45) is 1.99. The van der Waals surface area contributed by atoms with Crippen molar-refractivity contribution >= 4 is 17.3 Å². The Morgan fingerprint density at radius 1 is 1.40 bits per heavy atom. The summed E-state index contributed by atoms with van der Waals surface area (Å²) in [7, 11) is 2.07. The Morgan fingerprint density at radius 2 is 2.13 bits per heavy atom. The monoisotopic (exact) mass is 226 g/mol. The summed E-state index contributed by atoms with van der Waals surface area (Å²) in [4.78, 5) is 2.20. The van der Waals surface area contributed by atoms with Gasteiger partial charge in [0.2, 0.25) is 0 Å². The molecule has 0 aromatic heterocycles. The fourth-order valence-electron chi connectivity index (χ4n) is 1.79. The number of halogens is 1. The molecule has 0 amide bonds. The van der Waals surface area contributed by atoms with Crippen LogP contribution in [0, 0.1) is 0 Å². The van der Waals surface area contributed by atoms with Crippen LogP contribution in [0.3, 0.4) is 0 Å². The zero-order valence-corrected chi connectivity index (χ0v) is 10.2. The van der Waals surface area contributed by atoms with E-state index in [4.69, 9.17) is 17.3 Å². The molecule has 15 heavy (non-hydrogen) atoms. The van der Waals surface area contributed by atoms with Gasteiger partial charge in [0.05, 0.1) is 10.7 Å². The van der Waals surface area contributed by atoms with Gasteiger partial charge in [-0.1, -0.05) is 30.7 Å². The van der Waals surface area contributed by atoms with Gasteiger partial charge in [-0.25, -0.2) is 0 Å². The molecule has 1 aromatic carbocycles. The maximum atomic E-state index is 6.21. The summed E-state index contributed by atoms with van der Waals surface area (Å²) in [5.41, 5.74) is 7.96. The Balaban J connectivity index is 3.00. The molecule has 2 nitrogen and oxygen atoms in total. The number of anilines is 1. The maximum Gasteiger partial charge on any atom is 0.0642 e. The van der Waals surface area contributed by atoms with Crippen LogP contribution < -0.4 is 10.6 Å². The van der Waals surface area contributed by atoms with Crippen molar-refractivity contribution in [3.63, 3.8) is 0 Å². The van der Waals surface area contributed by atoms with E-state index in [-0.39, 0.29) is 0 Å². The van der Waals surface area contributed by atoms with Crippen molar-refractivity contribution in [2.75, 3.05) is 25.0 Å². The van der Waals surface area contributed by atoms with E-state index in [1.807, 2.05) is 12.1 Å². The van der Waals surface area contributed by atoms with Gasteiger partial charge in [0.25, 0.3) is 0 Å². The standard InChI is InChI=1S/C12H19ClN2/c1-3-9-15(2)12-10(7-8-14)5-4-6-11(12)13/h4-6H,3,7-9,14H2,1-2H3. The molecule has 0 aliphatic carbocycles. The molecule has 0 atom stereocenters. The quantitative estimate of drug-likeness (QED) is 0.837. The molecule has 1 rings (SSSR count). The minimum absolute atomic E-state index is 0.660. The van der Waals surface area contributed by atoms with Gasteiger partial charge < -0.3 is 10.6 Å². The van der Waals surface area contributed by atoms with Crippen molar-refractivity contribution in [1.29, 1.82) is 0 Å². The van der Waals surface area contributed by atoms with Gasteiger partial charge in [-0.15, -0.1) is 0 Å². The molecule has 0 bridgehead atoms. The summed E-state index contributed by atoms with van der Waals surface area (Å²) in [5, 5.41) is 0.817. The smallest absolute Gasteiger partial charge is 0.0642 e. The van der Waals surface area contributed by atoms with E-state index < -0.39 is 0 Å². The van der Waals surface area contributed by atoms with Crippen LogP contribution in [0.15, 0.2) is 18.2 Å². The molecule has 0 aliphatic rings. The average molecular weight is 227 g/mol. The molecular weight excluding hydrogens is 208 g/mol. The lowest BCUT2D eigenvalue weighted by molar-refractivity contribution is 0.840. The summed E-state index contributed by atoms with van der Waals surface area (Å²) in [6.45, 7) is 3.84. The SMILES string of the molecule is CCCN(C)c1c(Cl)cccc1CCN. The lowest BCUT2D eigenvalue weighted by Gasteiger charge is -2.23. The minimum Gasteiger partial charge on any atom is -0.373 e. The molecule has 2 N–H and O–H groups in total. The molecule has 0 aliphatic heterocycles. The highest BCUT2D eigenvalue weighted by Gasteiger charge is 2.10. The second kappa shape index (κ2) is 5.99. The first-order valence-electron chi connectivity index (χ1n) is 5.39. The number of benzene rings is 1. The van der Waals surface area contributed by atoms with Crippen molar-refractivity contribution in [1.82, 2.24) is 0 Å². The lowest BCUT2D eigenvalue weighted by Crippen LogP contribution is -2.20. The lowest BCUT2D eigenvalue weighted by atomic mass is 10.1. The zero-order chi connectivity index (χ0) is 11.3. The highest BCUT2D eigenvalue weighted by Crippen LogP contribution is 2.29. The van der Waals surface area contributed by atoms with E-state index in [1.165, 1.54) is 5.56 Å². The Labute approximate surface area is 97.0 Å². The van der Waals surface area contributed by atoms with E-state index in [0.717, 1.165) is 30.1 Å². The predicted molar refractivity (Wildman–Crippen MR) is 67.8 cm³/mol. The third-order valence-electron chi connectivity index (χ3n) is 2.42. The van der Waals surface area contributed by atoms with Crippen molar-refractivity contribution in [3.05, 3.63) is 28.8 Å². The fourth-order valence-corrected chi connectivity index (χ4v) is 2.13. The van der Waals surface area contributed by atoms with Gasteiger partial charge in [0, 0.05) is 13.6 Å². The molecule has 0 unspecified atom stereocenters. The highest BCUT2D eigenvalue weighted by atomic mass is 35.5. The fraction of sp³-hybridized carbons (Fsp3) is 0.500. The first-order chi connectivity index (χ1) is 7.20. The van der Waals surface area contributed by atoms with Crippen LogP contribution >= 0.6 is 11.6 Å². The third kappa shape index (κ3) is 3.11. The number of hydrogen-bond acceptors (Lipinski definition) is 2. The summed E-state index contributed by atoms with van der Waals surface area (Å²) in [6, 6.07) is 6.01. The minimum atomic E-state index is 0.660. The number of hydrogen-bond donors (Lipinski definition) is 1. The summed E-state index contributed by atoms with van der Waals surface area (Å²) in [5.74, 6) is 0.